The van der Waals surface area contributed by atoms with Crippen LogP contribution in [0.3, 0.4) is 0 Å². The fourth-order valence-corrected chi connectivity index (χ4v) is 1.23. The van der Waals surface area contributed by atoms with Crippen LogP contribution in [-0.2, 0) is 0 Å². The van der Waals surface area contributed by atoms with Crippen molar-refractivity contribution in [3.05, 3.63) is 42.0 Å². The summed E-state index contributed by atoms with van der Waals surface area (Å²) in [5.41, 5.74) is 7.72. The highest BCUT2D eigenvalue weighted by molar-refractivity contribution is 5.92. The molecule has 0 saturated heterocycles. The second-order valence-corrected chi connectivity index (χ2v) is 3.28. The van der Waals surface area contributed by atoms with Crippen molar-refractivity contribution in [3.63, 3.8) is 0 Å². The van der Waals surface area contributed by atoms with Crippen LogP contribution in [-0.4, -0.2) is 20.6 Å². The first-order valence-corrected chi connectivity index (χ1v) is 4.49. The van der Waals surface area contributed by atoms with E-state index >= 15 is 0 Å². The lowest BCUT2D eigenvalue weighted by Crippen LogP contribution is -2.13. The van der Waals surface area contributed by atoms with E-state index in [9.17, 15) is 0 Å². The molecule has 0 aliphatic rings. The van der Waals surface area contributed by atoms with Crippen molar-refractivity contribution in [2.45, 2.75) is 6.92 Å². The predicted molar refractivity (Wildman–Crippen MR) is 57.1 cm³/mol. The quantitative estimate of drug-likeness (QED) is 0.558. The monoisotopic (exact) mass is 201 g/mol. The second kappa shape index (κ2) is 3.53. The minimum absolute atomic E-state index is 0.0294. The molecule has 0 spiro atoms. The van der Waals surface area contributed by atoms with Crippen LogP contribution in [0.1, 0.15) is 11.3 Å². The predicted octanol–water partition coefficient (Wildman–Crippen LogP) is 0.860. The molecule has 15 heavy (non-hydrogen) atoms. The van der Waals surface area contributed by atoms with E-state index in [0.29, 0.717) is 5.69 Å². The van der Waals surface area contributed by atoms with Crippen LogP contribution in [0.15, 0.2) is 30.7 Å². The molecule has 0 radical (unpaired) electrons. The Hall–Kier alpha value is -2.17. The molecule has 2 aromatic rings. The van der Waals surface area contributed by atoms with Crippen LogP contribution >= 0.6 is 0 Å². The van der Waals surface area contributed by atoms with Crippen molar-refractivity contribution in [3.8, 4) is 5.69 Å². The maximum absolute atomic E-state index is 7.21. The van der Waals surface area contributed by atoms with Crippen LogP contribution in [0.4, 0.5) is 0 Å². The topological polar surface area (TPSA) is 80.6 Å². The normalized spacial score (nSPS) is 10.2. The molecule has 5 nitrogen and oxygen atoms in total. The first-order valence-electron chi connectivity index (χ1n) is 4.49. The van der Waals surface area contributed by atoms with E-state index in [1.54, 1.807) is 23.1 Å². The molecule has 0 bridgehead atoms. The van der Waals surface area contributed by atoms with Crippen LogP contribution in [0.25, 0.3) is 5.69 Å². The van der Waals surface area contributed by atoms with Crippen LogP contribution in [0.5, 0.6) is 0 Å². The molecule has 2 aromatic heterocycles. The second-order valence-electron chi connectivity index (χ2n) is 3.28. The van der Waals surface area contributed by atoms with Crippen LogP contribution in [0.2, 0.25) is 0 Å². The summed E-state index contributed by atoms with van der Waals surface area (Å²) < 4.78 is 1.73. The number of amidine groups is 1. The molecule has 5 heteroatoms. The van der Waals surface area contributed by atoms with Crippen LogP contribution < -0.4 is 5.73 Å². The van der Waals surface area contributed by atoms with Gasteiger partial charge in [-0.05, 0) is 24.6 Å². The van der Waals surface area contributed by atoms with Crippen molar-refractivity contribution < 1.29 is 0 Å². The fourth-order valence-electron chi connectivity index (χ4n) is 1.23. The molecule has 0 saturated carbocycles. The highest BCUT2D eigenvalue weighted by atomic mass is 15.3. The maximum Gasteiger partial charge on any atom is 0.141 e. The summed E-state index contributed by atoms with van der Waals surface area (Å²) in [4.78, 5) is 4.05. The summed E-state index contributed by atoms with van der Waals surface area (Å²) in [5, 5.41) is 11.4. The van der Waals surface area contributed by atoms with Crippen molar-refractivity contribution in [1.82, 2.24) is 14.8 Å². The van der Waals surface area contributed by atoms with E-state index in [0.717, 1.165) is 11.3 Å². The third-order valence-corrected chi connectivity index (χ3v) is 2.00. The van der Waals surface area contributed by atoms with Gasteiger partial charge in [0.15, 0.2) is 0 Å². The standard InChI is InChI=1S/C10H11N5/c1-7-4-14-15(6-7)8-2-3-9(10(11)12)13-5-8/h2-6H,1H3,(H3,11,12). The summed E-state index contributed by atoms with van der Waals surface area (Å²) in [5.74, 6) is -0.0294. The lowest BCUT2D eigenvalue weighted by atomic mass is 10.3. The molecule has 2 rings (SSSR count). The summed E-state index contributed by atoms with van der Waals surface area (Å²) >= 11 is 0. The Morgan fingerprint density at radius 3 is 2.67 bits per heavy atom. The van der Waals surface area contributed by atoms with Gasteiger partial charge in [-0.1, -0.05) is 0 Å². The van der Waals surface area contributed by atoms with Gasteiger partial charge in [0.05, 0.1) is 18.1 Å². The van der Waals surface area contributed by atoms with Gasteiger partial charge >= 0.3 is 0 Å². The molecule has 0 aliphatic heterocycles. The van der Waals surface area contributed by atoms with Crippen molar-refractivity contribution >= 4 is 5.84 Å². The van der Waals surface area contributed by atoms with E-state index in [2.05, 4.69) is 10.1 Å². The SMILES string of the molecule is Cc1cnn(-c2ccc(C(=N)N)nc2)c1. The van der Waals surface area contributed by atoms with E-state index in [4.69, 9.17) is 11.1 Å². The molecular weight excluding hydrogens is 190 g/mol. The molecule has 0 aliphatic carbocycles. The van der Waals surface area contributed by atoms with Gasteiger partial charge in [0.1, 0.15) is 11.5 Å². The number of nitrogen functional groups attached to an aromatic ring is 1. The smallest absolute Gasteiger partial charge is 0.141 e. The lowest BCUT2D eigenvalue weighted by Gasteiger charge is -2.01. The van der Waals surface area contributed by atoms with Gasteiger partial charge in [-0.3, -0.25) is 10.4 Å². The molecular formula is C10H11N5. The number of aromatic nitrogens is 3. The summed E-state index contributed by atoms with van der Waals surface area (Å²) in [6, 6.07) is 3.53. The molecule has 0 amide bonds. The highest BCUT2D eigenvalue weighted by Gasteiger charge is 2.00. The summed E-state index contributed by atoms with van der Waals surface area (Å²) in [6.07, 6.45) is 5.33. The zero-order valence-corrected chi connectivity index (χ0v) is 8.31. The fraction of sp³-hybridized carbons (Fsp3) is 0.100. The van der Waals surface area contributed by atoms with Gasteiger partial charge in [-0.2, -0.15) is 5.10 Å². The van der Waals surface area contributed by atoms with Gasteiger partial charge in [0.2, 0.25) is 0 Å². The Morgan fingerprint density at radius 2 is 2.20 bits per heavy atom. The van der Waals surface area contributed by atoms with Crippen molar-refractivity contribution in [2.75, 3.05) is 0 Å². The maximum atomic E-state index is 7.21. The number of nitrogens with zero attached hydrogens (tertiary/aromatic N) is 3. The third kappa shape index (κ3) is 1.85. The Kier molecular flexibility index (Phi) is 2.21. The zero-order chi connectivity index (χ0) is 10.8. The Balaban J connectivity index is 2.35. The van der Waals surface area contributed by atoms with Crippen LogP contribution in [0, 0.1) is 12.3 Å². The van der Waals surface area contributed by atoms with E-state index in [1.807, 2.05) is 19.2 Å². The first-order chi connectivity index (χ1) is 7.16. The molecule has 0 atom stereocenters. The number of nitrogens with two attached hydrogens (primary N) is 1. The Morgan fingerprint density at radius 1 is 1.40 bits per heavy atom. The Bertz CT molecular complexity index is 483. The van der Waals surface area contributed by atoms with E-state index in [-0.39, 0.29) is 5.84 Å². The lowest BCUT2D eigenvalue weighted by molar-refractivity contribution is 0.873. The molecule has 3 N–H and O–H groups in total. The molecule has 2 heterocycles. The number of rotatable bonds is 2. The average Bonchev–Trinajstić information content (AvgIpc) is 2.65. The minimum atomic E-state index is -0.0294. The highest BCUT2D eigenvalue weighted by Crippen LogP contribution is 2.06. The molecule has 0 unspecified atom stereocenters. The zero-order valence-electron chi connectivity index (χ0n) is 8.31. The van der Waals surface area contributed by atoms with Crippen molar-refractivity contribution in [2.24, 2.45) is 5.73 Å². The van der Waals surface area contributed by atoms with Gasteiger partial charge in [-0.15, -0.1) is 0 Å². The Labute approximate surface area is 87.1 Å². The average molecular weight is 201 g/mol. The molecule has 0 aromatic carbocycles. The minimum Gasteiger partial charge on any atom is -0.382 e. The van der Waals surface area contributed by atoms with Gasteiger partial charge < -0.3 is 5.73 Å². The summed E-state index contributed by atoms with van der Waals surface area (Å²) in [7, 11) is 0. The third-order valence-electron chi connectivity index (χ3n) is 2.00. The molecule has 0 fully saturated rings. The molecule has 76 valence electrons. The van der Waals surface area contributed by atoms with Gasteiger partial charge in [-0.25, -0.2) is 4.68 Å². The largest absolute Gasteiger partial charge is 0.382 e. The van der Waals surface area contributed by atoms with E-state index in [1.165, 1.54) is 0 Å². The number of nitrogens with one attached hydrogen (secondary N) is 1. The van der Waals surface area contributed by atoms with Gasteiger partial charge in [0.25, 0.3) is 0 Å². The summed E-state index contributed by atoms with van der Waals surface area (Å²) in [6.45, 7) is 1.97. The number of aryl methyl sites for hydroxylation is 1. The first kappa shape index (κ1) is 9.39. The van der Waals surface area contributed by atoms with Gasteiger partial charge in [0, 0.05) is 6.20 Å². The van der Waals surface area contributed by atoms with E-state index < -0.39 is 0 Å². The number of pyridine rings is 1. The number of hydrogen-bond donors (Lipinski definition) is 2. The number of hydrogen-bond acceptors (Lipinski definition) is 3. The van der Waals surface area contributed by atoms with Crippen molar-refractivity contribution in [1.29, 1.82) is 5.41 Å².